The summed E-state index contributed by atoms with van der Waals surface area (Å²) in [4.78, 5) is 36.7. The van der Waals surface area contributed by atoms with E-state index in [0.29, 0.717) is 37.9 Å². The van der Waals surface area contributed by atoms with Gasteiger partial charge in [-0.25, -0.2) is 0 Å². The molecule has 2 aliphatic heterocycles. The summed E-state index contributed by atoms with van der Waals surface area (Å²) in [6.07, 6.45) is 7.44. The van der Waals surface area contributed by atoms with Crippen LogP contribution in [0.4, 0.5) is 0 Å². The van der Waals surface area contributed by atoms with Crippen LogP contribution in [0.2, 0.25) is 5.02 Å². The van der Waals surface area contributed by atoms with Crippen LogP contribution in [0, 0.1) is 11.8 Å². The number of piperidine rings is 2. The Labute approximate surface area is 253 Å². The average Bonchev–Trinajstić information content (AvgIpc) is 3.05. The summed E-state index contributed by atoms with van der Waals surface area (Å²) in [5, 5.41) is 0.765. The third-order valence-electron chi connectivity index (χ3n) is 8.65. The Morgan fingerprint density at radius 2 is 1.69 bits per heavy atom. The SMILES string of the molecule is CN(C)CC(=O)N1CCC(C(=O)CN2CCC([C@H]3c4ncc(Br)cc4CCc4cc(Cl)cc(Br)c43)CC2)CC1. The Morgan fingerprint density at radius 1 is 1.00 bits per heavy atom. The van der Waals surface area contributed by atoms with Crippen LogP contribution in [0.15, 0.2) is 33.3 Å². The first kappa shape index (κ1) is 29.2. The number of hydrogen-bond donors (Lipinski definition) is 0. The number of likely N-dealkylation sites (tertiary alicyclic amines) is 2. The van der Waals surface area contributed by atoms with E-state index in [1.54, 1.807) is 0 Å². The van der Waals surface area contributed by atoms with E-state index in [-0.39, 0.29) is 17.7 Å². The molecule has 1 aromatic heterocycles. The molecule has 9 heteroatoms. The predicted octanol–water partition coefficient (Wildman–Crippen LogP) is 5.57. The number of carbonyl (C=O) groups is 2. The molecular formula is C30H37Br2ClN4O2. The lowest BCUT2D eigenvalue weighted by atomic mass is 9.76. The van der Waals surface area contributed by atoms with Crippen LogP contribution in [0.1, 0.15) is 54.0 Å². The van der Waals surface area contributed by atoms with Crippen LogP contribution in [0.5, 0.6) is 0 Å². The van der Waals surface area contributed by atoms with Gasteiger partial charge in [0, 0.05) is 45.1 Å². The minimum atomic E-state index is 0.0649. The minimum Gasteiger partial charge on any atom is -0.342 e. The summed E-state index contributed by atoms with van der Waals surface area (Å²) in [5.74, 6) is 1.21. The summed E-state index contributed by atoms with van der Waals surface area (Å²) < 4.78 is 2.09. The molecule has 0 saturated carbocycles. The zero-order chi connectivity index (χ0) is 27.7. The molecule has 1 amide bonds. The van der Waals surface area contributed by atoms with Crippen molar-refractivity contribution >= 4 is 55.2 Å². The fourth-order valence-electron chi connectivity index (χ4n) is 6.65. The number of rotatable bonds is 6. The van der Waals surface area contributed by atoms with Crippen molar-refractivity contribution in [2.75, 3.05) is 53.4 Å². The maximum absolute atomic E-state index is 13.2. The number of benzene rings is 1. The van der Waals surface area contributed by atoms with Gasteiger partial charge in [-0.15, -0.1) is 0 Å². The van der Waals surface area contributed by atoms with E-state index in [9.17, 15) is 9.59 Å². The van der Waals surface area contributed by atoms with Gasteiger partial charge in [0.25, 0.3) is 0 Å². The van der Waals surface area contributed by atoms with Gasteiger partial charge in [-0.05, 0) is 122 Å². The van der Waals surface area contributed by atoms with Gasteiger partial charge >= 0.3 is 0 Å². The third kappa shape index (κ3) is 6.78. The molecule has 1 aromatic carbocycles. The van der Waals surface area contributed by atoms with Crippen LogP contribution in [-0.2, 0) is 22.4 Å². The Balaban J connectivity index is 1.23. The van der Waals surface area contributed by atoms with Crippen molar-refractivity contribution in [3.05, 3.63) is 60.7 Å². The number of nitrogens with zero attached hydrogens (tertiary/aromatic N) is 4. The van der Waals surface area contributed by atoms with Crippen molar-refractivity contribution in [1.29, 1.82) is 0 Å². The van der Waals surface area contributed by atoms with E-state index in [0.717, 1.165) is 65.6 Å². The van der Waals surface area contributed by atoms with E-state index >= 15 is 0 Å². The molecule has 39 heavy (non-hydrogen) atoms. The number of aromatic nitrogens is 1. The first-order valence-corrected chi connectivity index (χ1v) is 16.0. The average molecular weight is 681 g/mol. The standard InChI is InChI=1S/C30H37Br2ClN4O2/c1-35(2)18-27(39)37-11-7-19(8-12-37)26(38)17-36-9-5-20(6-10-36)29-28-21(14-24(33)15-25(28)32)3-4-22-13-23(31)16-34-30(22)29/h13-16,19-20,29H,3-12,17-18H2,1-2H3/t29-/m1/s1. The molecule has 0 bridgehead atoms. The second-order valence-electron chi connectivity index (χ2n) is 11.6. The Bertz CT molecular complexity index is 1220. The van der Waals surface area contributed by atoms with Crippen molar-refractivity contribution in [1.82, 2.24) is 19.7 Å². The second kappa shape index (κ2) is 12.7. The van der Waals surface area contributed by atoms with Crippen molar-refractivity contribution in [3.63, 3.8) is 0 Å². The number of hydrogen-bond acceptors (Lipinski definition) is 5. The molecule has 6 nitrogen and oxygen atoms in total. The number of halogens is 3. The van der Waals surface area contributed by atoms with Crippen LogP contribution in [0.25, 0.3) is 0 Å². The number of ketones is 1. The summed E-state index contributed by atoms with van der Waals surface area (Å²) >= 11 is 13.9. The first-order chi connectivity index (χ1) is 18.7. The fourth-order valence-corrected chi connectivity index (χ4v) is 8.14. The minimum absolute atomic E-state index is 0.0649. The number of Topliss-reactive ketones (excluding diaryl/α,β-unsaturated/α-hetero) is 1. The van der Waals surface area contributed by atoms with Gasteiger partial charge in [-0.3, -0.25) is 19.5 Å². The topological polar surface area (TPSA) is 56.8 Å². The lowest BCUT2D eigenvalue weighted by Gasteiger charge is -2.38. The Kier molecular flexibility index (Phi) is 9.49. The molecule has 1 aliphatic carbocycles. The predicted molar refractivity (Wildman–Crippen MR) is 162 cm³/mol. The summed E-state index contributed by atoms with van der Waals surface area (Å²) in [6.45, 7) is 4.16. The van der Waals surface area contributed by atoms with Crippen molar-refractivity contribution in [2.45, 2.75) is 44.4 Å². The van der Waals surface area contributed by atoms with E-state index < -0.39 is 0 Å². The largest absolute Gasteiger partial charge is 0.342 e. The zero-order valence-electron chi connectivity index (χ0n) is 22.8. The summed E-state index contributed by atoms with van der Waals surface area (Å²) in [6, 6.07) is 6.37. The zero-order valence-corrected chi connectivity index (χ0v) is 26.7. The molecule has 2 aromatic rings. The highest BCUT2D eigenvalue weighted by Crippen LogP contribution is 2.46. The van der Waals surface area contributed by atoms with Gasteiger partial charge in [-0.2, -0.15) is 0 Å². The Morgan fingerprint density at radius 3 is 2.38 bits per heavy atom. The maximum atomic E-state index is 13.2. The van der Waals surface area contributed by atoms with E-state index in [1.165, 1.54) is 22.4 Å². The second-order valence-corrected chi connectivity index (χ2v) is 13.8. The molecule has 0 radical (unpaired) electrons. The number of carbonyl (C=O) groups excluding carboxylic acids is 2. The molecule has 0 spiro atoms. The number of fused-ring (bicyclic) bond motifs is 2. The fraction of sp³-hybridized carbons (Fsp3) is 0.567. The van der Waals surface area contributed by atoms with Gasteiger partial charge in [0.2, 0.25) is 5.91 Å². The Hall–Kier alpha value is -1.32. The van der Waals surface area contributed by atoms with Gasteiger partial charge in [0.1, 0.15) is 5.78 Å². The van der Waals surface area contributed by atoms with E-state index in [4.69, 9.17) is 16.6 Å². The molecule has 0 N–H and O–H groups in total. The number of aryl methyl sites for hydroxylation is 2. The van der Waals surface area contributed by atoms with Crippen LogP contribution < -0.4 is 0 Å². The van der Waals surface area contributed by atoms with Crippen molar-refractivity contribution in [2.24, 2.45) is 11.8 Å². The molecule has 5 rings (SSSR count). The molecular weight excluding hydrogens is 644 g/mol. The van der Waals surface area contributed by atoms with Gasteiger partial charge in [0.05, 0.1) is 18.8 Å². The highest BCUT2D eigenvalue weighted by molar-refractivity contribution is 9.10. The van der Waals surface area contributed by atoms with Crippen molar-refractivity contribution < 1.29 is 9.59 Å². The van der Waals surface area contributed by atoms with Gasteiger partial charge in [-0.1, -0.05) is 27.5 Å². The highest BCUT2D eigenvalue weighted by atomic mass is 79.9. The van der Waals surface area contributed by atoms with Gasteiger partial charge in [0.15, 0.2) is 0 Å². The third-order valence-corrected chi connectivity index (χ3v) is 9.96. The van der Waals surface area contributed by atoms with E-state index in [1.807, 2.05) is 36.2 Å². The molecule has 2 fully saturated rings. The molecule has 2 saturated heterocycles. The molecule has 210 valence electrons. The molecule has 3 aliphatic rings. The number of amides is 1. The molecule has 0 unspecified atom stereocenters. The normalized spacial score (nSPS) is 21.0. The van der Waals surface area contributed by atoms with Gasteiger partial charge < -0.3 is 9.80 Å². The van der Waals surface area contributed by atoms with Crippen LogP contribution in [0.3, 0.4) is 0 Å². The van der Waals surface area contributed by atoms with Crippen LogP contribution >= 0.6 is 43.5 Å². The lowest BCUT2D eigenvalue weighted by Crippen LogP contribution is -2.46. The number of pyridine rings is 1. The van der Waals surface area contributed by atoms with Crippen LogP contribution in [-0.4, -0.2) is 84.7 Å². The number of likely N-dealkylation sites (N-methyl/N-ethyl adjacent to an activating group) is 1. The monoisotopic (exact) mass is 678 g/mol. The summed E-state index contributed by atoms with van der Waals surface area (Å²) in [5.41, 5.74) is 5.13. The maximum Gasteiger partial charge on any atom is 0.236 e. The van der Waals surface area contributed by atoms with E-state index in [2.05, 4.69) is 48.9 Å². The smallest absolute Gasteiger partial charge is 0.236 e. The molecule has 3 heterocycles. The summed E-state index contributed by atoms with van der Waals surface area (Å²) in [7, 11) is 3.82. The highest BCUT2D eigenvalue weighted by Gasteiger charge is 2.36. The molecule has 1 atom stereocenters. The lowest BCUT2D eigenvalue weighted by molar-refractivity contribution is -0.135. The first-order valence-electron chi connectivity index (χ1n) is 14.0. The quantitative estimate of drug-likeness (QED) is 0.400. The van der Waals surface area contributed by atoms with Crippen molar-refractivity contribution in [3.8, 4) is 0 Å².